The molecule has 0 radical (unpaired) electrons. The van der Waals surface area contributed by atoms with Gasteiger partial charge >= 0.3 is 0 Å². The van der Waals surface area contributed by atoms with Crippen molar-refractivity contribution in [3.05, 3.63) is 29.8 Å². The van der Waals surface area contributed by atoms with E-state index < -0.39 is 0 Å². The van der Waals surface area contributed by atoms with Gasteiger partial charge in [-0.25, -0.2) is 0 Å². The van der Waals surface area contributed by atoms with Gasteiger partial charge in [0.25, 0.3) is 0 Å². The molecule has 2 rings (SSSR count). The van der Waals surface area contributed by atoms with Gasteiger partial charge < -0.3 is 15.4 Å². The van der Waals surface area contributed by atoms with Crippen LogP contribution in [0.2, 0.25) is 0 Å². The maximum atomic E-state index is 5.38. The number of nitrogens with zero attached hydrogens (tertiary/aromatic N) is 1. The van der Waals surface area contributed by atoms with E-state index in [0.29, 0.717) is 12.6 Å². The minimum atomic E-state index is 0. The van der Waals surface area contributed by atoms with Crippen molar-refractivity contribution in [2.24, 2.45) is 4.99 Å². The first kappa shape index (κ1) is 22.0. The quantitative estimate of drug-likeness (QED) is 0.276. The third-order valence-corrected chi connectivity index (χ3v) is 5.33. The lowest BCUT2D eigenvalue weighted by atomic mass is 10.1. The number of guanidine groups is 1. The number of ether oxygens (including phenoxy) is 1. The van der Waals surface area contributed by atoms with Gasteiger partial charge in [-0.05, 0) is 49.6 Å². The molecule has 1 aromatic carbocycles. The average molecular weight is 473 g/mol. The summed E-state index contributed by atoms with van der Waals surface area (Å²) in [4.78, 5) is 4.33. The number of halogens is 1. The lowest BCUT2D eigenvalue weighted by Crippen LogP contribution is -2.43. The second-order valence-corrected chi connectivity index (χ2v) is 7.04. The van der Waals surface area contributed by atoms with Gasteiger partial charge in [0.05, 0.1) is 0 Å². The number of aliphatic imine (C=N–C) groups is 1. The second-order valence-electron chi connectivity index (χ2n) is 5.90. The highest BCUT2D eigenvalue weighted by molar-refractivity contribution is 14.0. The summed E-state index contributed by atoms with van der Waals surface area (Å²) in [5.41, 5.74) is 1.26. The van der Waals surface area contributed by atoms with E-state index >= 15 is 0 Å². The number of terminal acetylenes is 1. The highest BCUT2D eigenvalue weighted by Crippen LogP contribution is 2.27. The molecule has 1 fully saturated rings. The van der Waals surface area contributed by atoms with Crippen molar-refractivity contribution >= 4 is 41.7 Å². The van der Waals surface area contributed by atoms with Gasteiger partial charge in [-0.3, -0.25) is 4.99 Å². The van der Waals surface area contributed by atoms with Crippen molar-refractivity contribution in [2.75, 3.05) is 26.5 Å². The van der Waals surface area contributed by atoms with Crippen molar-refractivity contribution in [1.29, 1.82) is 0 Å². The SMILES string of the molecule is C#CCOc1ccc(CCNC(=NC)NC2CCC(SC)C2)cc1.I. The van der Waals surface area contributed by atoms with Crippen LogP contribution < -0.4 is 15.4 Å². The van der Waals surface area contributed by atoms with Gasteiger partial charge in [-0.2, -0.15) is 11.8 Å². The van der Waals surface area contributed by atoms with Crippen LogP contribution in [0, 0.1) is 12.3 Å². The molecule has 1 aromatic rings. The molecule has 1 saturated carbocycles. The predicted octanol–water partition coefficient (Wildman–Crippen LogP) is 3.31. The molecule has 2 unspecified atom stereocenters. The van der Waals surface area contributed by atoms with Crippen LogP contribution in [0.3, 0.4) is 0 Å². The summed E-state index contributed by atoms with van der Waals surface area (Å²) in [6.07, 6.45) is 12.1. The maximum Gasteiger partial charge on any atom is 0.191 e. The highest BCUT2D eigenvalue weighted by Gasteiger charge is 2.24. The van der Waals surface area contributed by atoms with Gasteiger partial charge in [-0.15, -0.1) is 30.4 Å². The summed E-state index contributed by atoms with van der Waals surface area (Å²) in [6.45, 7) is 1.16. The number of thioether (sulfide) groups is 1. The van der Waals surface area contributed by atoms with Crippen LogP contribution in [-0.2, 0) is 6.42 Å². The summed E-state index contributed by atoms with van der Waals surface area (Å²) in [6, 6.07) is 8.61. The van der Waals surface area contributed by atoms with Crippen LogP contribution >= 0.6 is 35.7 Å². The van der Waals surface area contributed by atoms with Crippen LogP contribution in [-0.4, -0.2) is 43.7 Å². The van der Waals surface area contributed by atoms with Crippen molar-refractivity contribution in [1.82, 2.24) is 10.6 Å². The molecule has 6 heteroatoms. The highest BCUT2D eigenvalue weighted by atomic mass is 127. The summed E-state index contributed by atoms with van der Waals surface area (Å²) >= 11 is 1.97. The van der Waals surface area contributed by atoms with Crippen LogP contribution in [0.15, 0.2) is 29.3 Å². The first-order chi connectivity index (χ1) is 11.7. The summed E-state index contributed by atoms with van der Waals surface area (Å²) in [7, 11) is 1.83. The predicted molar refractivity (Wildman–Crippen MR) is 119 cm³/mol. The van der Waals surface area contributed by atoms with E-state index in [1.807, 2.05) is 30.9 Å². The Morgan fingerprint density at radius 1 is 1.36 bits per heavy atom. The fourth-order valence-electron chi connectivity index (χ4n) is 2.88. The Labute approximate surface area is 173 Å². The van der Waals surface area contributed by atoms with Gasteiger partial charge in [0.15, 0.2) is 5.96 Å². The van der Waals surface area contributed by atoms with E-state index in [1.54, 1.807) is 0 Å². The largest absolute Gasteiger partial charge is 0.481 e. The van der Waals surface area contributed by atoms with Gasteiger partial charge in [-0.1, -0.05) is 18.1 Å². The van der Waals surface area contributed by atoms with E-state index in [1.165, 1.54) is 24.8 Å². The van der Waals surface area contributed by atoms with Crippen LogP contribution in [0.4, 0.5) is 0 Å². The number of rotatable bonds is 7. The van der Waals surface area contributed by atoms with Gasteiger partial charge in [0.1, 0.15) is 12.4 Å². The molecule has 1 aliphatic rings. The number of hydrogen-bond acceptors (Lipinski definition) is 3. The monoisotopic (exact) mass is 473 g/mol. The van der Waals surface area contributed by atoms with E-state index in [9.17, 15) is 0 Å². The molecule has 1 aliphatic carbocycles. The van der Waals surface area contributed by atoms with Crippen LogP contribution in [0.1, 0.15) is 24.8 Å². The van der Waals surface area contributed by atoms with Gasteiger partial charge in [0, 0.05) is 24.9 Å². The minimum Gasteiger partial charge on any atom is -0.481 e. The molecular formula is C19H28IN3OS. The molecule has 138 valence electrons. The third-order valence-electron chi connectivity index (χ3n) is 4.23. The fourth-order valence-corrected chi connectivity index (χ4v) is 3.67. The maximum absolute atomic E-state index is 5.38. The molecule has 4 nitrogen and oxygen atoms in total. The molecule has 2 N–H and O–H groups in total. The van der Waals surface area contributed by atoms with Gasteiger partial charge in [0.2, 0.25) is 0 Å². The third kappa shape index (κ3) is 7.78. The topological polar surface area (TPSA) is 45.6 Å². The molecule has 2 atom stereocenters. The molecule has 0 aliphatic heterocycles. The van der Waals surface area contributed by atoms with E-state index in [2.05, 4.69) is 39.9 Å². The number of benzene rings is 1. The standard InChI is InChI=1S/C19H27N3OS.HI/c1-4-13-23-17-8-5-15(6-9-17)11-12-21-19(20-2)22-16-7-10-18(14-16)24-3;/h1,5-6,8-9,16,18H,7,10-14H2,2-3H3,(H2,20,21,22);1H. The van der Waals surface area contributed by atoms with Crippen molar-refractivity contribution in [3.63, 3.8) is 0 Å². The zero-order valence-electron chi connectivity index (χ0n) is 15.0. The molecule has 0 heterocycles. The molecule has 0 spiro atoms. The van der Waals surface area contributed by atoms with Crippen LogP contribution in [0.5, 0.6) is 5.75 Å². The molecule has 25 heavy (non-hydrogen) atoms. The molecule has 0 bridgehead atoms. The average Bonchev–Trinajstić information content (AvgIpc) is 3.07. The number of hydrogen-bond donors (Lipinski definition) is 2. The van der Waals surface area contributed by atoms with Crippen molar-refractivity contribution in [3.8, 4) is 18.1 Å². The summed E-state index contributed by atoms with van der Waals surface area (Å²) in [5, 5.41) is 7.72. The normalized spacial score (nSPS) is 19.6. The summed E-state index contributed by atoms with van der Waals surface area (Å²) in [5.74, 6) is 4.18. The van der Waals surface area contributed by atoms with E-state index in [0.717, 1.165) is 29.9 Å². The Bertz CT molecular complexity index is 571. The Kier molecular flexibility index (Phi) is 10.8. The number of nitrogens with one attached hydrogen (secondary N) is 2. The molecule has 0 aromatic heterocycles. The Morgan fingerprint density at radius 3 is 2.72 bits per heavy atom. The van der Waals surface area contributed by atoms with Crippen molar-refractivity contribution < 1.29 is 4.74 Å². The Hall–Kier alpha value is -1.07. The minimum absolute atomic E-state index is 0. The lowest BCUT2D eigenvalue weighted by molar-refractivity contribution is 0.370. The van der Waals surface area contributed by atoms with E-state index in [4.69, 9.17) is 11.2 Å². The zero-order valence-corrected chi connectivity index (χ0v) is 18.1. The molecule has 0 amide bonds. The Morgan fingerprint density at radius 2 is 2.12 bits per heavy atom. The first-order valence-corrected chi connectivity index (χ1v) is 9.69. The van der Waals surface area contributed by atoms with Crippen LogP contribution in [0.25, 0.3) is 0 Å². The fraction of sp³-hybridized carbons (Fsp3) is 0.526. The van der Waals surface area contributed by atoms with E-state index in [-0.39, 0.29) is 24.0 Å². The molecule has 0 saturated heterocycles. The smallest absolute Gasteiger partial charge is 0.191 e. The first-order valence-electron chi connectivity index (χ1n) is 8.40. The van der Waals surface area contributed by atoms with Crippen molar-refractivity contribution in [2.45, 2.75) is 37.0 Å². The second kappa shape index (κ2) is 12.3. The molecular weight excluding hydrogens is 445 g/mol. The zero-order chi connectivity index (χ0) is 17.2. The summed E-state index contributed by atoms with van der Waals surface area (Å²) < 4.78 is 5.38. The lowest BCUT2D eigenvalue weighted by Gasteiger charge is -2.17. The Balaban J connectivity index is 0.00000312.